The molecule has 37 heavy (non-hydrogen) atoms. The molecule has 3 N–H and O–H groups in total. The molecule has 9 nitrogen and oxygen atoms in total. The fraction of sp³-hybridized carbons (Fsp3) is 0.143. The molecule has 0 aliphatic heterocycles. The van der Waals surface area contributed by atoms with Crippen LogP contribution in [0, 0.1) is 6.92 Å². The molecule has 2 heterocycles. The number of benzene rings is 3. The lowest BCUT2D eigenvalue weighted by molar-refractivity contribution is 0.0860. The summed E-state index contributed by atoms with van der Waals surface area (Å²) in [5.41, 5.74) is 4.22. The highest BCUT2D eigenvalue weighted by molar-refractivity contribution is 6.10. The summed E-state index contributed by atoms with van der Waals surface area (Å²) in [6, 6.07) is 22.7. The second-order valence-corrected chi connectivity index (χ2v) is 8.40. The first-order valence-electron chi connectivity index (χ1n) is 11.7. The van der Waals surface area contributed by atoms with Crippen molar-refractivity contribution in [1.29, 1.82) is 0 Å². The zero-order valence-electron chi connectivity index (χ0n) is 20.4. The van der Waals surface area contributed by atoms with Crippen LogP contribution in [0.3, 0.4) is 0 Å². The summed E-state index contributed by atoms with van der Waals surface area (Å²) in [7, 11) is 1.53. The van der Waals surface area contributed by atoms with Gasteiger partial charge in [0.15, 0.2) is 0 Å². The average Bonchev–Trinajstić information content (AvgIpc) is 3.51. The number of carbonyl (C=O) groups excluding carboxylic acids is 2. The van der Waals surface area contributed by atoms with Crippen molar-refractivity contribution in [2.75, 3.05) is 12.4 Å². The zero-order valence-corrected chi connectivity index (χ0v) is 20.4. The third-order valence-corrected chi connectivity index (χ3v) is 5.77. The molecule has 186 valence electrons. The van der Waals surface area contributed by atoms with Gasteiger partial charge in [-0.2, -0.15) is 0 Å². The van der Waals surface area contributed by atoms with Gasteiger partial charge in [-0.15, -0.1) is 0 Å². The summed E-state index contributed by atoms with van der Waals surface area (Å²) in [4.78, 5) is 38.0. The monoisotopic (exact) mass is 495 g/mol. The van der Waals surface area contributed by atoms with E-state index in [9.17, 15) is 9.59 Å². The Kier molecular flexibility index (Phi) is 6.78. The molecule has 2 aromatic heterocycles. The maximum absolute atomic E-state index is 13.1. The minimum absolute atomic E-state index is 0.0493. The Bertz CT molecular complexity index is 1560. The molecule has 0 radical (unpaired) electrons. The van der Waals surface area contributed by atoms with Gasteiger partial charge >= 0.3 is 0 Å². The average molecular weight is 496 g/mol. The van der Waals surface area contributed by atoms with Crippen molar-refractivity contribution in [2.45, 2.75) is 20.1 Å². The lowest BCUT2D eigenvalue weighted by atomic mass is 10.1. The molecule has 0 saturated carbocycles. The van der Waals surface area contributed by atoms with E-state index in [4.69, 9.17) is 9.15 Å². The van der Waals surface area contributed by atoms with Crippen molar-refractivity contribution in [3.8, 4) is 11.4 Å². The quantitative estimate of drug-likeness (QED) is 0.283. The van der Waals surface area contributed by atoms with Crippen molar-refractivity contribution in [3.63, 3.8) is 0 Å². The smallest absolute Gasteiger partial charge is 0.293 e. The lowest BCUT2D eigenvalue weighted by Gasteiger charge is -2.10. The van der Waals surface area contributed by atoms with Crippen LogP contribution in [0.25, 0.3) is 22.4 Å². The number of fused-ring (bicyclic) bond motifs is 1. The van der Waals surface area contributed by atoms with Crippen LogP contribution in [0.1, 0.15) is 38.1 Å². The normalized spacial score (nSPS) is 11.0. The number of aromatic nitrogens is 3. The van der Waals surface area contributed by atoms with Crippen LogP contribution in [0.15, 0.2) is 77.2 Å². The summed E-state index contributed by atoms with van der Waals surface area (Å²) in [5.74, 6) is 0.127. The third-order valence-electron chi connectivity index (χ3n) is 5.77. The molecule has 9 heteroatoms. The summed E-state index contributed by atoms with van der Waals surface area (Å²) in [6.45, 7) is 2.20. The number of aromatic amines is 1. The predicted molar refractivity (Wildman–Crippen MR) is 139 cm³/mol. The van der Waals surface area contributed by atoms with Gasteiger partial charge in [0.2, 0.25) is 11.7 Å². The first-order valence-corrected chi connectivity index (χ1v) is 11.7. The zero-order chi connectivity index (χ0) is 25.8. The van der Waals surface area contributed by atoms with E-state index in [1.165, 1.54) is 7.05 Å². The summed E-state index contributed by atoms with van der Waals surface area (Å²) >= 11 is 0. The van der Waals surface area contributed by atoms with Crippen LogP contribution in [0.4, 0.5) is 5.69 Å². The van der Waals surface area contributed by atoms with E-state index in [0.29, 0.717) is 40.7 Å². The van der Waals surface area contributed by atoms with Crippen LogP contribution in [-0.4, -0.2) is 33.8 Å². The van der Waals surface area contributed by atoms with Crippen LogP contribution in [-0.2, 0) is 18.0 Å². The van der Waals surface area contributed by atoms with Crippen LogP contribution >= 0.6 is 0 Å². The second-order valence-electron chi connectivity index (χ2n) is 8.40. The fourth-order valence-corrected chi connectivity index (χ4v) is 3.95. The minimum Gasteiger partial charge on any atom is -0.433 e. The molecule has 3 aromatic carbocycles. The Hall–Kier alpha value is -4.76. The van der Waals surface area contributed by atoms with Gasteiger partial charge in [0.05, 0.1) is 34.6 Å². The molecule has 5 aromatic rings. The Labute approximate surface area is 212 Å². The molecular formula is C28H25N5O4. The number of anilines is 1. The Balaban J connectivity index is 1.37. The number of ether oxygens (including phenoxy) is 1. The van der Waals surface area contributed by atoms with E-state index in [0.717, 1.165) is 11.1 Å². The van der Waals surface area contributed by atoms with E-state index in [2.05, 4.69) is 25.6 Å². The molecule has 0 aliphatic rings. The first-order chi connectivity index (χ1) is 18.0. The number of hydrogen-bond donors (Lipinski definition) is 3. The maximum Gasteiger partial charge on any atom is 0.293 e. The van der Waals surface area contributed by atoms with Gasteiger partial charge in [-0.25, -0.2) is 9.97 Å². The molecule has 0 saturated heterocycles. The Morgan fingerprint density at radius 2 is 1.68 bits per heavy atom. The number of nitrogens with one attached hydrogen (secondary N) is 3. The van der Waals surface area contributed by atoms with Crippen LogP contribution < -0.4 is 10.6 Å². The van der Waals surface area contributed by atoms with Gasteiger partial charge in [0.1, 0.15) is 12.4 Å². The van der Waals surface area contributed by atoms with Crippen molar-refractivity contribution < 1.29 is 18.7 Å². The number of carbonyl (C=O) groups is 2. The largest absolute Gasteiger partial charge is 0.433 e. The highest BCUT2D eigenvalue weighted by Gasteiger charge is 2.21. The molecule has 0 aliphatic carbocycles. The molecule has 0 spiro atoms. The van der Waals surface area contributed by atoms with Crippen molar-refractivity contribution >= 4 is 28.5 Å². The first kappa shape index (κ1) is 24.0. The molecule has 2 amide bonds. The van der Waals surface area contributed by atoms with E-state index >= 15 is 0 Å². The number of aryl methyl sites for hydroxylation is 1. The van der Waals surface area contributed by atoms with E-state index < -0.39 is 5.91 Å². The van der Waals surface area contributed by atoms with Crippen molar-refractivity contribution in [1.82, 2.24) is 20.3 Å². The van der Waals surface area contributed by atoms with Gasteiger partial charge < -0.3 is 24.8 Å². The number of nitrogens with zero attached hydrogens (tertiary/aromatic N) is 2. The number of rotatable bonds is 8. The number of oxazole rings is 1. The van der Waals surface area contributed by atoms with Crippen LogP contribution in [0.2, 0.25) is 0 Å². The van der Waals surface area contributed by atoms with Gasteiger partial charge in [0, 0.05) is 12.6 Å². The molecule has 0 unspecified atom stereocenters. The lowest BCUT2D eigenvalue weighted by Crippen LogP contribution is -2.21. The van der Waals surface area contributed by atoms with E-state index in [-0.39, 0.29) is 23.8 Å². The van der Waals surface area contributed by atoms with Gasteiger partial charge in [-0.1, -0.05) is 60.7 Å². The van der Waals surface area contributed by atoms with E-state index in [1.54, 1.807) is 19.1 Å². The minimum atomic E-state index is -0.525. The number of H-pyrrole nitrogens is 1. The molecule has 5 rings (SSSR count). The predicted octanol–water partition coefficient (Wildman–Crippen LogP) is 4.86. The highest BCUT2D eigenvalue weighted by Crippen LogP contribution is 2.27. The summed E-state index contributed by atoms with van der Waals surface area (Å²) in [6.07, 6.45) is 0. The third kappa shape index (κ3) is 5.26. The standard InChI is InChI=1S/C28H25N5O4/c1-17-25(37-24(30-17)16-36-15-18-9-5-3-6-10-18)28(35)33-21-14-23-22(13-20(21)27(34)29-2)31-26(32-23)19-11-7-4-8-12-19/h3-14H,15-16H2,1-2H3,(H,29,34)(H,31,32)(H,33,35). The SMILES string of the molecule is CNC(=O)c1cc2[nH]c(-c3ccccc3)nc2cc1NC(=O)c1oc(COCc2ccccc2)nc1C. The summed E-state index contributed by atoms with van der Waals surface area (Å²) in [5, 5.41) is 5.40. The van der Waals surface area contributed by atoms with Crippen molar-refractivity contribution in [3.05, 3.63) is 101 Å². The van der Waals surface area contributed by atoms with E-state index in [1.807, 2.05) is 60.7 Å². The van der Waals surface area contributed by atoms with Crippen LogP contribution in [0.5, 0.6) is 0 Å². The van der Waals surface area contributed by atoms with Gasteiger partial charge in [0.25, 0.3) is 11.8 Å². The molecular weight excluding hydrogens is 470 g/mol. The fourth-order valence-electron chi connectivity index (χ4n) is 3.95. The molecule has 0 bridgehead atoms. The number of hydrogen-bond acceptors (Lipinski definition) is 6. The second kappa shape index (κ2) is 10.5. The highest BCUT2D eigenvalue weighted by atomic mass is 16.5. The summed E-state index contributed by atoms with van der Waals surface area (Å²) < 4.78 is 11.4. The maximum atomic E-state index is 13.1. The van der Waals surface area contributed by atoms with Gasteiger partial charge in [-0.3, -0.25) is 9.59 Å². The Morgan fingerprint density at radius 3 is 2.41 bits per heavy atom. The Morgan fingerprint density at radius 1 is 0.946 bits per heavy atom. The van der Waals surface area contributed by atoms with Crippen molar-refractivity contribution in [2.24, 2.45) is 0 Å². The number of amides is 2. The number of imidazole rings is 1. The molecule has 0 atom stereocenters. The van der Waals surface area contributed by atoms with Gasteiger partial charge in [-0.05, 0) is 24.6 Å². The topological polar surface area (TPSA) is 122 Å². The molecule has 0 fully saturated rings.